The van der Waals surface area contributed by atoms with E-state index in [4.69, 9.17) is 5.73 Å². The minimum absolute atomic E-state index is 0.376. The summed E-state index contributed by atoms with van der Waals surface area (Å²) in [6.45, 7) is 10.1. The number of nitrogens with two attached hydrogens (primary N) is 1. The molecule has 0 saturated heterocycles. The third kappa shape index (κ3) is 7.51. The van der Waals surface area contributed by atoms with Gasteiger partial charge in [0.25, 0.3) is 11.8 Å². The van der Waals surface area contributed by atoms with Gasteiger partial charge in [0.15, 0.2) is 0 Å². The van der Waals surface area contributed by atoms with Gasteiger partial charge in [-0.3, -0.25) is 24.0 Å². The fourth-order valence-corrected chi connectivity index (χ4v) is 2.81. The van der Waals surface area contributed by atoms with Crippen LogP contribution in [0.2, 0.25) is 0 Å². The van der Waals surface area contributed by atoms with Gasteiger partial charge in [-0.1, -0.05) is 52.8 Å². The minimum Gasteiger partial charge on any atom is -0.363 e. The molecule has 0 aromatic heterocycles. The van der Waals surface area contributed by atoms with Crippen molar-refractivity contribution in [1.82, 2.24) is 16.0 Å². The number of rotatable bonds is 9. The smallest absolute Gasteiger partial charge is 0.287 e. The van der Waals surface area contributed by atoms with E-state index in [1.165, 1.54) is 6.92 Å². The molecule has 31 heavy (non-hydrogen) atoms. The van der Waals surface area contributed by atoms with Gasteiger partial charge < -0.3 is 21.7 Å². The molecule has 0 fully saturated rings. The van der Waals surface area contributed by atoms with Crippen LogP contribution in [0.1, 0.15) is 51.9 Å². The van der Waals surface area contributed by atoms with Crippen LogP contribution in [-0.2, 0) is 19.2 Å². The Morgan fingerprint density at radius 1 is 0.839 bits per heavy atom. The predicted molar refractivity (Wildman–Crippen MR) is 116 cm³/mol. The van der Waals surface area contributed by atoms with Crippen LogP contribution in [0.4, 0.5) is 0 Å². The zero-order chi connectivity index (χ0) is 23.9. The van der Waals surface area contributed by atoms with Crippen LogP contribution >= 0.6 is 0 Å². The van der Waals surface area contributed by atoms with Crippen LogP contribution in [0.3, 0.4) is 0 Å². The van der Waals surface area contributed by atoms with Crippen molar-refractivity contribution in [3.8, 4) is 0 Å². The van der Waals surface area contributed by atoms with Crippen LogP contribution in [0.25, 0.3) is 0 Å². The average molecular weight is 433 g/mol. The number of carbonyl (C=O) groups excluding carboxylic acids is 5. The molecule has 0 radical (unpaired) electrons. The minimum atomic E-state index is -1.15. The number of carbonyl (C=O) groups is 5. The molecule has 5 N–H and O–H groups in total. The molecule has 0 spiro atoms. The highest BCUT2D eigenvalue weighted by Gasteiger charge is 2.35. The Labute approximate surface area is 182 Å². The number of nitrogens with one attached hydrogen (secondary N) is 3. The van der Waals surface area contributed by atoms with Gasteiger partial charge in [-0.25, -0.2) is 0 Å². The number of ketones is 1. The first kappa shape index (κ1) is 25.8. The highest BCUT2D eigenvalue weighted by atomic mass is 16.2. The third-order valence-corrected chi connectivity index (χ3v) is 4.68. The lowest BCUT2D eigenvalue weighted by molar-refractivity contribution is -0.139. The fraction of sp³-hybridized carbons (Fsp3) is 0.500. The van der Waals surface area contributed by atoms with Crippen molar-refractivity contribution in [3.63, 3.8) is 0 Å². The van der Waals surface area contributed by atoms with Gasteiger partial charge in [-0.05, 0) is 30.4 Å². The summed E-state index contributed by atoms with van der Waals surface area (Å²) in [6, 6.07) is 5.42. The van der Waals surface area contributed by atoms with Crippen molar-refractivity contribution in [2.24, 2.45) is 17.1 Å². The predicted octanol–water partition coefficient (Wildman–Crippen LogP) is 0.531. The summed E-state index contributed by atoms with van der Waals surface area (Å²) in [5, 5.41) is 7.73. The maximum Gasteiger partial charge on any atom is 0.287 e. The number of primary amides is 1. The van der Waals surface area contributed by atoms with E-state index >= 15 is 0 Å². The molecule has 9 heteroatoms. The number of benzene rings is 1. The van der Waals surface area contributed by atoms with E-state index in [1.807, 2.05) is 0 Å². The van der Waals surface area contributed by atoms with E-state index in [0.717, 1.165) is 0 Å². The second kappa shape index (κ2) is 10.7. The monoisotopic (exact) mass is 432 g/mol. The SMILES string of the molecule is CC(NC(=O)C(NC(=O)c1ccccc1)C(C)(C)C)C(=O)NC(C(=O)C(N)=O)C(C)C. The fourth-order valence-electron chi connectivity index (χ4n) is 2.81. The van der Waals surface area contributed by atoms with Crippen LogP contribution in [-0.4, -0.2) is 47.5 Å². The summed E-state index contributed by atoms with van der Waals surface area (Å²) in [5.74, 6) is -4.05. The molecule has 1 aromatic carbocycles. The van der Waals surface area contributed by atoms with Crippen LogP contribution < -0.4 is 21.7 Å². The molecule has 3 unspecified atom stereocenters. The summed E-state index contributed by atoms with van der Waals surface area (Å²) >= 11 is 0. The van der Waals surface area contributed by atoms with Gasteiger partial charge in [0, 0.05) is 5.56 Å². The molecule has 0 aliphatic rings. The Morgan fingerprint density at radius 2 is 1.39 bits per heavy atom. The van der Waals surface area contributed by atoms with Crippen molar-refractivity contribution >= 4 is 29.4 Å². The van der Waals surface area contributed by atoms with Gasteiger partial charge in [-0.2, -0.15) is 0 Å². The quantitative estimate of drug-likeness (QED) is 0.420. The van der Waals surface area contributed by atoms with Gasteiger partial charge >= 0.3 is 0 Å². The normalized spacial score (nSPS) is 14.2. The Balaban J connectivity index is 2.90. The lowest BCUT2D eigenvalue weighted by Crippen LogP contribution is -2.59. The molecule has 170 valence electrons. The first-order chi connectivity index (χ1) is 14.3. The molecule has 3 atom stereocenters. The number of Topliss-reactive ketones (excluding diaryl/α,β-unsaturated/α-hetero) is 1. The third-order valence-electron chi connectivity index (χ3n) is 4.68. The van der Waals surface area contributed by atoms with E-state index in [1.54, 1.807) is 65.0 Å². The number of hydrogen-bond donors (Lipinski definition) is 4. The first-order valence-electron chi connectivity index (χ1n) is 10.1. The van der Waals surface area contributed by atoms with E-state index in [2.05, 4.69) is 16.0 Å². The van der Waals surface area contributed by atoms with E-state index < -0.39 is 53.0 Å². The Hall–Kier alpha value is -3.23. The zero-order valence-corrected chi connectivity index (χ0v) is 18.8. The van der Waals surface area contributed by atoms with Gasteiger partial charge in [0.05, 0.1) is 6.04 Å². The molecule has 9 nitrogen and oxygen atoms in total. The van der Waals surface area contributed by atoms with Crippen LogP contribution in [0.5, 0.6) is 0 Å². The van der Waals surface area contributed by atoms with Crippen molar-refractivity contribution in [1.29, 1.82) is 0 Å². The largest absolute Gasteiger partial charge is 0.363 e. The number of hydrogen-bond acceptors (Lipinski definition) is 5. The molecule has 0 heterocycles. The van der Waals surface area contributed by atoms with Gasteiger partial charge in [0.1, 0.15) is 12.1 Å². The van der Waals surface area contributed by atoms with Gasteiger partial charge in [0.2, 0.25) is 17.6 Å². The first-order valence-corrected chi connectivity index (χ1v) is 10.1. The molecule has 0 aliphatic carbocycles. The topological polar surface area (TPSA) is 147 Å². The molecule has 1 aromatic rings. The molecule has 0 aliphatic heterocycles. The maximum absolute atomic E-state index is 12.9. The number of amides is 4. The zero-order valence-electron chi connectivity index (χ0n) is 18.8. The van der Waals surface area contributed by atoms with Crippen molar-refractivity contribution in [2.75, 3.05) is 0 Å². The van der Waals surface area contributed by atoms with E-state index in [9.17, 15) is 24.0 Å². The highest BCUT2D eigenvalue weighted by Crippen LogP contribution is 2.20. The summed E-state index contributed by atoms with van der Waals surface area (Å²) in [4.78, 5) is 61.1. The standard InChI is InChI=1S/C22H32N4O5/c1-12(2)15(16(27)18(23)28)25-19(29)13(3)24-21(31)17(22(4,5)6)26-20(30)14-10-8-7-9-11-14/h7-13,15,17H,1-6H3,(H2,23,28)(H,24,31)(H,25,29)(H,26,30). The molecule has 1 rings (SSSR count). The lowest BCUT2D eigenvalue weighted by atomic mass is 9.85. The molecule has 0 saturated carbocycles. The average Bonchev–Trinajstić information content (AvgIpc) is 2.68. The molecular weight excluding hydrogens is 400 g/mol. The molecule has 0 bridgehead atoms. The molecular formula is C22H32N4O5. The summed E-state index contributed by atoms with van der Waals surface area (Å²) in [5.41, 5.74) is 4.80. The van der Waals surface area contributed by atoms with Crippen molar-refractivity contribution < 1.29 is 24.0 Å². The van der Waals surface area contributed by atoms with E-state index in [-0.39, 0.29) is 5.92 Å². The second-order valence-corrected chi connectivity index (χ2v) is 8.83. The molecule has 4 amide bonds. The summed E-state index contributed by atoms with van der Waals surface area (Å²) in [7, 11) is 0. The van der Waals surface area contributed by atoms with Gasteiger partial charge in [-0.15, -0.1) is 0 Å². The highest BCUT2D eigenvalue weighted by molar-refractivity contribution is 6.38. The van der Waals surface area contributed by atoms with Crippen molar-refractivity contribution in [3.05, 3.63) is 35.9 Å². The Bertz CT molecular complexity index is 830. The van der Waals surface area contributed by atoms with Crippen molar-refractivity contribution in [2.45, 2.75) is 59.7 Å². The second-order valence-electron chi connectivity index (χ2n) is 8.83. The maximum atomic E-state index is 12.9. The summed E-state index contributed by atoms with van der Waals surface area (Å²) in [6.07, 6.45) is 0. The van der Waals surface area contributed by atoms with E-state index in [0.29, 0.717) is 5.56 Å². The van der Waals surface area contributed by atoms with Crippen LogP contribution in [0.15, 0.2) is 30.3 Å². The Kier molecular flexibility index (Phi) is 8.90. The Morgan fingerprint density at radius 3 is 1.84 bits per heavy atom. The van der Waals surface area contributed by atoms with Crippen LogP contribution in [0, 0.1) is 11.3 Å². The lowest BCUT2D eigenvalue weighted by Gasteiger charge is -2.31. The summed E-state index contributed by atoms with van der Waals surface area (Å²) < 4.78 is 0.